The molecular weight excluding hydrogens is 464 g/mol. The van der Waals surface area contributed by atoms with E-state index in [1.807, 2.05) is 0 Å². The molecule has 34 heavy (non-hydrogen) atoms. The van der Waals surface area contributed by atoms with Crippen LogP contribution in [0.4, 0.5) is 14.5 Å². The Morgan fingerprint density at radius 3 is 2.12 bits per heavy atom. The van der Waals surface area contributed by atoms with Crippen LogP contribution in [-0.4, -0.2) is 33.3 Å². The summed E-state index contributed by atoms with van der Waals surface area (Å²) < 4.78 is 55.0. The minimum atomic E-state index is -4.14. The molecule has 0 aliphatic rings. The molecule has 0 saturated heterocycles. The van der Waals surface area contributed by atoms with Gasteiger partial charge in [0.15, 0.2) is 0 Å². The van der Waals surface area contributed by atoms with Crippen molar-refractivity contribution in [2.75, 3.05) is 17.8 Å². The van der Waals surface area contributed by atoms with Gasteiger partial charge in [0.1, 0.15) is 11.6 Å². The molecule has 3 aromatic carbocycles. The zero-order chi connectivity index (χ0) is 24.9. The second-order valence-corrected chi connectivity index (χ2v) is 9.22. The molecule has 0 radical (unpaired) electrons. The predicted octanol–water partition coefficient (Wildman–Crippen LogP) is 3.54. The van der Waals surface area contributed by atoms with Crippen LogP contribution in [0.15, 0.2) is 65.6 Å². The largest absolute Gasteiger partial charge is 0.350 e. The summed E-state index contributed by atoms with van der Waals surface area (Å²) in [5.41, 5.74) is 1.01. The highest BCUT2D eigenvalue weighted by Gasteiger charge is 2.19. The van der Waals surface area contributed by atoms with Crippen LogP contribution >= 0.6 is 0 Å². The van der Waals surface area contributed by atoms with Gasteiger partial charge in [-0.2, -0.15) is 0 Å². The number of carbonyl (C=O) groups excluding carboxylic acids is 2. The van der Waals surface area contributed by atoms with E-state index in [9.17, 15) is 26.8 Å². The van der Waals surface area contributed by atoms with Gasteiger partial charge in [0.2, 0.25) is 0 Å². The minimum Gasteiger partial charge on any atom is -0.350 e. The summed E-state index contributed by atoms with van der Waals surface area (Å²) >= 11 is 0. The Bertz CT molecular complexity index is 1340. The molecule has 3 aromatic rings. The first-order valence-electron chi connectivity index (χ1n) is 10.3. The summed E-state index contributed by atoms with van der Waals surface area (Å²) in [7, 11) is -4.14. The summed E-state index contributed by atoms with van der Waals surface area (Å²) in [6, 6.07) is 13.4. The number of halogens is 2. The Kier molecular flexibility index (Phi) is 7.62. The van der Waals surface area contributed by atoms with Gasteiger partial charge in [-0.15, -0.1) is 0 Å². The number of benzene rings is 3. The number of hydrogen-bond donors (Lipinski definition) is 3. The summed E-state index contributed by atoms with van der Waals surface area (Å²) in [5.74, 6) is -2.25. The number of sulfonamides is 1. The van der Waals surface area contributed by atoms with Crippen molar-refractivity contribution in [3.63, 3.8) is 0 Å². The smallest absolute Gasteiger partial charge is 0.262 e. The van der Waals surface area contributed by atoms with Crippen LogP contribution in [0.5, 0.6) is 0 Å². The van der Waals surface area contributed by atoms with Crippen LogP contribution in [0.3, 0.4) is 0 Å². The lowest BCUT2D eigenvalue weighted by molar-refractivity contribution is 0.0927. The molecule has 0 heterocycles. The lowest BCUT2D eigenvalue weighted by atomic mass is 10.1. The molecule has 0 saturated carbocycles. The molecule has 178 valence electrons. The van der Waals surface area contributed by atoms with Crippen LogP contribution in [0, 0.1) is 25.5 Å². The molecule has 0 aliphatic carbocycles. The Labute approximate surface area is 196 Å². The maximum Gasteiger partial charge on any atom is 0.262 e. The number of carbonyl (C=O) groups is 2. The van der Waals surface area contributed by atoms with Gasteiger partial charge in [0.05, 0.1) is 10.6 Å². The Balaban J connectivity index is 1.62. The van der Waals surface area contributed by atoms with Crippen molar-refractivity contribution >= 4 is 27.5 Å². The van der Waals surface area contributed by atoms with E-state index in [-0.39, 0.29) is 34.8 Å². The Morgan fingerprint density at radius 1 is 0.794 bits per heavy atom. The summed E-state index contributed by atoms with van der Waals surface area (Å²) in [6.45, 7) is 3.36. The van der Waals surface area contributed by atoms with Crippen LogP contribution in [0.1, 0.15) is 31.8 Å². The van der Waals surface area contributed by atoms with Gasteiger partial charge in [0.25, 0.3) is 21.8 Å². The van der Waals surface area contributed by atoms with E-state index in [2.05, 4.69) is 15.4 Å². The topological polar surface area (TPSA) is 104 Å². The zero-order valence-electron chi connectivity index (χ0n) is 18.5. The number of nitrogens with one attached hydrogen (secondary N) is 3. The van der Waals surface area contributed by atoms with E-state index in [1.165, 1.54) is 48.5 Å². The first kappa shape index (κ1) is 24.8. The fourth-order valence-electron chi connectivity index (χ4n) is 3.04. The van der Waals surface area contributed by atoms with E-state index in [0.29, 0.717) is 11.1 Å². The molecule has 0 unspecified atom stereocenters. The van der Waals surface area contributed by atoms with Crippen LogP contribution in [0.2, 0.25) is 0 Å². The molecule has 3 N–H and O–H groups in total. The first-order chi connectivity index (χ1) is 16.1. The molecule has 0 atom stereocenters. The quantitative estimate of drug-likeness (QED) is 0.423. The van der Waals surface area contributed by atoms with Gasteiger partial charge in [-0.3, -0.25) is 14.3 Å². The monoisotopic (exact) mass is 487 g/mol. The standard InChI is InChI=1S/C24H23F2N3O4S/c1-15-8-10-18(34(32,33)29-22-6-4-3-5-20(22)25)14-19(15)24(31)28-12-11-27-23(30)17-9-7-16(2)21(26)13-17/h3-10,13-14,29H,11-12H2,1-2H3,(H,27,30)(H,28,31). The third-order valence-electron chi connectivity index (χ3n) is 5.01. The van der Waals surface area contributed by atoms with E-state index in [4.69, 9.17) is 0 Å². The molecule has 2 amide bonds. The predicted molar refractivity (Wildman–Crippen MR) is 124 cm³/mol. The van der Waals surface area contributed by atoms with Crippen molar-refractivity contribution in [3.8, 4) is 0 Å². The van der Waals surface area contributed by atoms with E-state index in [1.54, 1.807) is 13.8 Å². The Morgan fingerprint density at radius 2 is 1.44 bits per heavy atom. The minimum absolute atomic E-state index is 0.0583. The maximum absolute atomic E-state index is 13.8. The molecule has 7 nitrogen and oxygen atoms in total. The van der Waals surface area contributed by atoms with Crippen molar-refractivity contribution in [1.29, 1.82) is 0 Å². The van der Waals surface area contributed by atoms with Crippen molar-refractivity contribution in [1.82, 2.24) is 10.6 Å². The normalized spacial score (nSPS) is 11.1. The fourth-order valence-corrected chi connectivity index (χ4v) is 4.14. The first-order valence-corrected chi connectivity index (χ1v) is 11.8. The molecular formula is C24H23F2N3O4S. The van der Waals surface area contributed by atoms with Crippen molar-refractivity contribution < 1.29 is 26.8 Å². The van der Waals surface area contributed by atoms with Gasteiger partial charge in [-0.1, -0.05) is 24.3 Å². The SMILES string of the molecule is Cc1ccc(C(=O)NCCNC(=O)c2cc(S(=O)(=O)Nc3ccccc3F)ccc2C)cc1F. The van der Waals surface area contributed by atoms with Crippen LogP contribution < -0.4 is 15.4 Å². The van der Waals surface area contributed by atoms with E-state index < -0.39 is 33.5 Å². The number of amides is 2. The van der Waals surface area contributed by atoms with E-state index >= 15 is 0 Å². The highest BCUT2D eigenvalue weighted by Crippen LogP contribution is 2.21. The molecule has 0 spiro atoms. The maximum atomic E-state index is 13.8. The lowest BCUT2D eigenvalue weighted by Gasteiger charge is -2.12. The molecule has 0 bridgehead atoms. The van der Waals surface area contributed by atoms with E-state index in [0.717, 1.165) is 12.1 Å². The Hall–Kier alpha value is -3.79. The van der Waals surface area contributed by atoms with Crippen LogP contribution in [0.25, 0.3) is 0 Å². The second-order valence-electron chi connectivity index (χ2n) is 7.54. The van der Waals surface area contributed by atoms with Gasteiger partial charge >= 0.3 is 0 Å². The molecule has 10 heteroatoms. The summed E-state index contributed by atoms with van der Waals surface area (Å²) in [4.78, 5) is 24.5. The number of rotatable bonds is 8. The summed E-state index contributed by atoms with van der Waals surface area (Å²) in [6.07, 6.45) is 0. The molecule has 0 aliphatic heterocycles. The number of hydrogen-bond acceptors (Lipinski definition) is 4. The third-order valence-corrected chi connectivity index (χ3v) is 6.38. The van der Waals surface area contributed by atoms with Gasteiger partial charge < -0.3 is 10.6 Å². The molecule has 0 fully saturated rings. The second kappa shape index (κ2) is 10.4. The highest BCUT2D eigenvalue weighted by molar-refractivity contribution is 7.92. The molecule has 0 aromatic heterocycles. The van der Waals surface area contributed by atoms with Crippen LogP contribution in [-0.2, 0) is 10.0 Å². The number of para-hydroxylation sites is 1. The van der Waals surface area contributed by atoms with Gasteiger partial charge in [-0.05, 0) is 61.4 Å². The number of aryl methyl sites for hydroxylation is 2. The van der Waals surface area contributed by atoms with Crippen molar-refractivity contribution in [3.05, 3.63) is 94.6 Å². The molecule has 3 rings (SSSR count). The summed E-state index contributed by atoms with van der Waals surface area (Å²) in [5, 5.41) is 5.18. The van der Waals surface area contributed by atoms with Crippen molar-refractivity contribution in [2.45, 2.75) is 18.7 Å². The third kappa shape index (κ3) is 5.96. The zero-order valence-corrected chi connectivity index (χ0v) is 19.3. The highest BCUT2D eigenvalue weighted by atomic mass is 32.2. The lowest BCUT2D eigenvalue weighted by Crippen LogP contribution is -2.35. The number of anilines is 1. The van der Waals surface area contributed by atoms with Gasteiger partial charge in [0, 0.05) is 24.2 Å². The van der Waals surface area contributed by atoms with Crippen molar-refractivity contribution in [2.24, 2.45) is 0 Å². The fraction of sp³-hybridized carbons (Fsp3) is 0.167. The van der Waals surface area contributed by atoms with Gasteiger partial charge in [-0.25, -0.2) is 17.2 Å². The average Bonchev–Trinajstić information content (AvgIpc) is 2.79. The average molecular weight is 488 g/mol.